The SMILES string of the molecule is COc1ccc(COc2ncc(C)cc2Br)cc1. The fourth-order valence-electron chi connectivity index (χ4n) is 1.50. The van der Waals surface area contributed by atoms with Gasteiger partial charge < -0.3 is 9.47 Å². The first-order valence-corrected chi connectivity index (χ1v) is 6.36. The molecular formula is C14H14BrNO2. The Morgan fingerprint density at radius 2 is 1.94 bits per heavy atom. The minimum absolute atomic E-state index is 0.485. The predicted octanol–water partition coefficient (Wildman–Crippen LogP) is 3.74. The van der Waals surface area contributed by atoms with Crippen LogP contribution in [-0.2, 0) is 6.61 Å². The topological polar surface area (TPSA) is 31.4 Å². The molecule has 0 spiro atoms. The third kappa shape index (κ3) is 3.23. The van der Waals surface area contributed by atoms with Crippen LogP contribution in [0.5, 0.6) is 11.6 Å². The standard InChI is InChI=1S/C14H14BrNO2/c1-10-7-13(15)14(16-8-10)18-9-11-3-5-12(17-2)6-4-11/h3-8H,9H2,1-2H3. The van der Waals surface area contributed by atoms with Crippen molar-refractivity contribution in [3.63, 3.8) is 0 Å². The molecule has 1 aromatic carbocycles. The minimum atomic E-state index is 0.485. The molecule has 4 heteroatoms. The average Bonchev–Trinajstić information content (AvgIpc) is 2.38. The van der Waals surface area contributed by atoms with Crippen molar-refractivity contribution in [3.8, 4) is 11.6 Å². The van der Waals surface area contributed by atoms with Crippen molar-refractivity contribution in [1.82, 2.24) is 4.98 Å². The fourth-order valence-corrected chi connectivity index (χ4v) is 2.08. The molecule has 1 heterocycles. The van der Waals surface area contributed by atoms with E-state index in [0.717, 1.165) is 21.3 Å². The molecule has 2 rings (SSSR count). The molecule has 0 saturated carbocycles. The number of methoxy groups -OCH3 is 1. The molecule has 0 fully saturated rings. The van der Waals surface area contributed by atoms with Crippen molar-refractivity contribution < 1.29 is 9.47 Å². The van der Waals surface area contributed by atoms with E-state index in [9.17, 15) is 0 Å². The van der Waals surface area contributed by atoms with Gasteiger partial charge in [-0.15, -0.1) is 0 Å². The number of ether oxygens (including phenoxy) is 2. The number of pyridine rings is 1. The summed E-state index contributed by atoms with van der Waals surface area (Å²) in [5, 5.41) is 0. The maximum atomic E-state index is 5.65. The van der Waals surface area contributed by atoms with Crippen LogP contribution in [0.4, 0.5) is 0 Å². The highest BCUT2D eigenvalue weighted by atomic mass is 79.9. The van der Waals surface area contributed by atoms with E-state index >= 15 is 0 Å². The highest BCUT2D eigenvalue weighted by Crippen LogP contribution is 2.23. The summed E-state index contributed by atoms with van der Waals surface area (Å²) in [6, 6.07) is 9.75. The van der Waals surface area contributed by atoms with Gasteiger partial charge in [0.15, 0.2) is 0 Å². The molecule has 1 aromatic heterocycles. The van der Waals surface area contributed by atoms with E-state index in [-0.39, 0.29) is 0 Å². The second-order valence-corrected chi connectivity index (χ2v) is 4.79. The Balaban J connectivity index is 2.02. The van der Waals surface area contributed by atoms with E-state index in [1.165, 1.54) is 0 Å². The highest BCUT2D eigenvalue weighted by molar-refractivity contribution is 9.10. The lowest BCUT2D eigenvalue weighted by Crippen LogP contribution is -1.98. The lowest BCUT2D eigenvalue weighted by molar-refractivity contribution is 0.291. The Kier molecular flexibility index (Phi) is 4.20. The quantitative estimate of drug-likeness (QED) is 0.862. The monoisotopic (exact) mass is 307 g/mol. The van der Waals surface area contributed by atoms with Gasteiger partial charge in [-0.2, -0.15) is 0 Å². The maximum absolute atomic E-state index is 5.65. The van der Waals surface area contributed by atoms with E-state index in [1.54, 1.807) is 13.3 Å². The van der Waals surface area contributed by atoms with Crippen LogP contribution in [0.3, 0.4) is 0 Å². The molecule has 0 saturated heterocycles. The van der Waals surface area contributed by atoms with Gasteiger partial charge in [-0.1, -0.05) is 12.1 Å². The summed E-state index contributed by atoms with van der Waals surface area (Å²) < 4.78 is 11.6. The van der Waals surface area contributed by atoms with Crippen molar-refractivity contribution in [2.45, 2.75) is 13.5 Å². The zero-order chi connectivity index (χ0) is 13.0. The molecule has 0 amide bonds. The van der Waals surface area contributed by atoms with E-state index in [0.29, 0.717) is 12.5 Å². The van der Waals surface area contributed by atoms with Gasteiger partial charge in [-0.05, 0) is 52.2 Å². The number of aromatic nitrogens is 1. The Morgan fingerprint density at radius 1 is 1.22 bits per heavy atom. The van der Waals surface area contributed by atoms with Crippen LogP contribution in [-0.4, -0.2) is 12.1 Å². The first kappa shape index (κ1) is 12.9. The number of aryl methyl sites for hydroxylation is 1. The minimum Gasteiger partial charge on any atom is -0.497 e. The smallest absolute Gasteiger partial charge is 0.228 e. The molecule has 0 aliphatic rings. The zero-order valence-electron chi connectivity index (χ0n) is 10.3. The van der Waals surface area contributed by atoms with Crippen LogP contribution < -0.4 is 9.47 Å². The van der Waals surface area contributed by atoms with Crippen LogP contribution in [0, 0.1) is 6.92 Å². The number of benzene rings is 1. The Bertz CT molecular complexity index is 526. The van der Waals surface area contributed by atoms with Crippen LogP contribution in [0.1, 0.15) is 11.1 Å². The van der Waals surface area contributed by atoms with Crippen LogP contribution >= 0.6 is 15.9 Å². The second kappa shape index (κ2) is 5.87. The zero-order valence-corrected chi connectivity index (χ0v) is 11.9. The van der Waals surface area contributed by atoms with Crippen LogP contribution in [0.25, 0.3) is 0 Å². The van der Waals surface area contributed by atoms with E-state index in [2.05, 4.69) is 20.9 Å². The summed E-state index contributed by atoms with van der Waals surface area (Å²) in [6.45, 7) is 2.48. The molecule has 3 nitrogen and oxygen atoms in total. The third-order valence-electron chi connectivity index (χ3n) is 2.48. The van der Waals surface area contributed by atoms with E-state index in [1.807, 2.05) is 37.3 Å². The summed E-state index contributed by atoms with van der Waals surface area (Å²) in [7, 11) is 1.65. The van der Waals surface area contributed by atoms with E-state index < -0.39 is 0 Å². The molecule has 0 unspecified atom stereocenters. The summed E-state index contributed by atoms with van der Waals surface area (Å²) >= 11 is 3.44. The number of nitrogens with zero attached hydrogens (tertiary/aromatic N) is 1. The Labute approximate surface area is 115 Å². The number of halogens is 1. The molecule has 94 valence electrons. The largest absolute Gasteiger partial charge is 0.497 e. The van der Waals surface area contributed by atoms with Gasteiger partial charge in [0.25, 0.3) is 0 Å². The summed E-state index contributed by atoms with van der Waals surface area (Å²) in [4.78, 5) is 4.23. The van der Waals surface area contributed by atoms with Gasteiger partial charge in [-0.25, -0.2) is 4.98 Å². The molecule has 18 heavy (non-hydrogen) atoms. The first-order chi connectivity index (χ1) is 8.69. The lowest BCUT2D eigenvalue weighted by atomic mass is 10.2. The van der Waals surface area contributed by atoms with Crippen molar-refractivity contribution >= 4 is 15.9 Å². The summed E-state index contributed by atoms with van der Waals surface area (Å²) in [5.74, 6) is 1.45. The highest BCUT2D eigenvalue weighted by Gasteiger charge is 2.03. The Hall–Kier alpha value is -1.55. The van der Waals surface area contributed by atoms with Crippen LogP contribution in [0.15, 0.2) is 41.0 Å². The fraction of sp³-hybridized carbons (Fsp3) is 0.214. The molecule has 0 aliphatic carbocycles. The molecule has 0 bridgehead atoms. The summed E-state index contributed by atoms with van der Waals surface area (Å²) in [5.41, 5.74) is 2.17. The van der Waals surface area contributed by atoms with Gasteiger partial charge in [-0.3, -0.25) is 0 Å². The molecule has 0 radical (unpaired) electrons. The third-order valence-corrected chi connectivity index (χ3v) is 3.05. The van der Waals surface area contributed by atoms with Gasteiger partial charge in [0.05, 0.1) is 11.6 Å². The first-order valence-electron chi connectivity index (χ1n) is 5.57. The second-order valence-electron chi connectivity index (χ2n) is 3.94. The molecule has 0 atom stereocenters. The lowest BCUT2D eigenvalue weighted by Gasteiger charge is -2.08. The van der Waals surface area contributed by atoms with Gasteiger partial charge in [0, 0.05) is 6.20 Å². The molecular weight excluding hydrogens is 294 g/mol. The Morgan fingerprint density at radius 3 is 2.56 bits per heavy atom. The predicted molar refractivity (Wildman–Crippen MR) is 74.0 cm³/mol. The van der Waals surface area contributed by atoms with Crippen molar-refractivity contribution in [3.05, 3.63) is 52.1 Å². The molecule has 0 aliphatic heterocycles. The maximum Gasteiger partial charge on any atom is 0.228 e. The van der Waals surface area contributed by atoms with Gasteiger partial charge in [0.1, 0.15) is 12.4 Å². The number of hydrogen-bond donors (Lipinski definition) is 0. The molecule has 2 aromatic rings. The van der Waals surface area contributed by atoms with E-state index in [4.69, 9.17) is 9.47 Å². The van der Waals surface area contributed by atoms with Crippen molar-refractivity contribution in [2.24, 2.45) is 0 Å². The van der Waals surface area contributed by atoms with Crippen LogP contribution in [0.2, 0.25) is 0 Å². The van der Waals surface area contributed by atoms with Gasteiger partial charge >= 0.3 is 0 Å². The number of rotatable bonds is 4. The summed E-state index contributed by atoms with van der Waals surface area (Å²) in [6.07, 6.45) is 1.79. The normalized spacial score (nSPS) is 10.2. The van der Waals surface area contributed by atoms with Crippen molar-refractivity contribution in [2.75, 3.05) is 7.11 Å². The average molecular weight is 308 g/mol. The van der Waals surface area contributed by atoms with Crippen molar-refractivity contribution in [1.29, 1.82) is 0 Å². The van der Waals surface area contributed by atoms with Gasteiger partial charge in [0.2, 0.25) is 5.88 Å². The molecule has 0 N–H and O–H groups in total. The number of hydrogen-bond acceptors (Lipinski definition) is 3.